The Kier molecular flexibility index (Phi) is 5.56. The van der Waals surface area contributed by atoms with E-state index in [9.17, 15) is 19.2 Å². The van der Waals surface area contributed by atoms with Crippen LogP contribution in [0.1, 0.15) is 16.1 Å². The van der Waals surface area contributed by atoms with Crippen molar-refractivity contribution in [3.8, 4) is 11.3 Å². The van der Waals surface area contributed by atoms with Gasteiger partial charge in [0.1, 0.15) is 17.1 Å². The summed E-state index contributed by atoms with van der Waals surface area (Å²) < 4.78 is 5.67. The number of carboxylic acids is 1. The lowest BCUT2D eigenvalue weighted by atomic mass is 10.1. The molecule has 0 atom stereocenters. The molecule has 160 valence electrons. The van der Waals surface area contributed by atoms with Gasteiger partial charge >= 0.3 is 12.0 Å². The van der Waals surface area contributed by atoms with Gasteiger partial charge in [-0.2, -0.15) is 0 Å². The summed E-state index contributed by atoms with van der Waals surface area (Å²) >= 11 is 12.1. The van der Waals surface area contributed by atoms with Crippen LogP contribution in [0.15, 0.2) is 64.6 Å². The van der Waals surface area contributed by atoms with E-state index >= 15 is 0 Å². The standard InChI is InChI=1S/C22H12Cl2N2O6/c23-15-2-1-3-16(18(15)24)26-20(28)14(19(27)25-22(26)31)10-13-8-9-17(32-13)11-4-6-12(7-5-11)21(29)30/h1-10H,(H,29,30)(H,25,27,31). The number of amides is 4. The Morgan fingerprint density at radius 2 is 1.72 bits per heavy atom. The van der Waals surface area contributed by atoms with E-state index in [0.717, 1.165) is 4.90 Å². The Morgan fingerprint density at radius 1 is 1.00 bits per heavy atom. The number of anilines is 1. The van der Waals surface area contributed by atoms with E-state index in [1.807, 2.05) is 0 Å². The van der Waals surface area contributed by atoms with Gasteiger partial charge in [-0.1, -0.05) is 41.4 Å². The van der Waals surface area contributed by atoms with E-state index in [2.05, 4.69) is 5.32 Å². The van der Waals surface area contributed by atoms with Crippen molar-refractivity contribution in [1.82, 2.24) is 5.32 Å². The van der Waals surface area contributed by atoms with E-state index in [1.54, 1.807) is 18.2 Å². The number of barbiturate groups is 1. The van der Waals surface area contributed by atoms with Crippen LogP contribution in [0.3, 0.4) is 0 Å². The van der Waals surface area contributed by atoms with E-state index < -0.39 is 23.8 Å². The molecule has 2 heterocycles. The summed E-state index contributed by atoms with van der Waals surface area (Å²) in [5, 5.41) is 11.2. The Bertz CT molecular complexity index is 1310. The maximum Gasteiger partial charge on any atom is 0.336 e. The number of carbonyl (C=O) groups excluding carboxylic acids is 3. The molecule has 1 aromatic heterocycles. The number of furan rings is 1. The van der Waals surface area contributed by atoms with Crippen molar-refractivity contribution < 1.29 is 28.7 Å². The molecule has 1 saturated heterocycles. The predicted molar refractivity (Wildman–Crippen MR) is 117 cm³/mol. The van der Waals surface area contributed by atoms with Crippen molar-refractivity contribution in [1.29, 1.82) is 0 Å². The van der Waals surface area contributed by atoms with Crippen LogP contribution in [0, 0.1) is 0 Å². The monoisotopic (exact) mass is 470 g/mol. The molecule has 1 fully saturated rings. The van der Waals surface area contributed by atoms with Crippen LogP contribution in [0.5, 0.6) is 0 Å². The quantitative estimate of drug-likeness (QED) is 0.424. The van der Waals surface area contributed by atoms with Gasteiger partial charge in [0.25, 0.3) is 11.8 Å². The number of hydrogen-bond acceptors (Lipinski definition) is 5. The van der Waals surface area contributed by atoms with Gasteiger partial charge in [0.15, 0.2) is 0 Å². The molecular formula is C22H12Cl2N2O6. The van der Waals surface area contributed by atoms with Crippen molar-refractivity contribution in [2.75, 3.05) is 4.90 Å². The third-order valence-corrected chi connectivity index (χ3v) is 5.41. The van der Waals surface area contributed by atoms with E-state index in [0.29, 0.717) is 11.3 Å². The second-order valence-corrected chi connectivity index (χ2v) is 7.40. The molecule has 8 nitrogen and oxygen atoms in total. The zero-order valence-corrected chi connectivity index (χ0v) is 17.5. The van der Waals surface area contributed by atoms with Crippen molar-refractivity contribution in [3.63, 3.8) is 0 Å². The summed E-state index contributed by atoms with van der Waals surface area (Å²) in [6.07, 6.45) is 1.20. The minimum atomic E-state index is -1.05. The number of benzene rings is 2. The first-order chi connectivity index (χ1) is 15.3. The molecule has 10 heteroatoms. The number of nitrogens with zero attached hydrogens (tertiary/aromatic N) is 1. The van der Waals surface area contributed by atoms with Crippen molar-refractivity contribution in [3.05, 3.63) is 81.5 Å². The largest absolute Gasteiger partial charge is 0.478 e. The van der Waals surface area contributed by atoms with Gasteiger partial charge in [0.05, 0.1) is 21.3 Å². The number of halogens is 2. The molecular weight excluding hydrogens is 459 g/mol. The highest BCUT2D eigenvalue weighted by atomic mass is 35.5. The molecule has 0 aliphatic carbocycles. The first-order valence-electron chi connectivity index (χ1n) is 9.05. The summed E-state index contributed by atoms with van der Waals surface area (Å²) in [6, 6.07) is 12.6. The van der Waals surface area contributed by atoms with Crippen molar-refractivity contribution in [2.24, 2.45) is 0 Å². The smallest absolute Gasteiger partial charge is 0.336 e. The molecule has 0 bridgehead atoms. The maximum absolute atomic E-state index is 13.0. The Labute approximate surface area is 190 Å². The van der Waals surface area contributed by atoms with Crippen LogP contribution in [0.25, 0.3) is 17.4 Å². The minimum Gasteiger partial charge on any atom is -0.478 e. The number of carboxylic acid groups (broad SMARTS) is 1. The van der Waals surface area contributed by atoms with Crippen molar-refractivity contribution in [2.45, 2.75) is 0 Å². The van der Waals surface area contributed by atoms with Crippen LogP contribution < -0.4 is 10.2 Å². The molecule has 1 aliphatic heterocycles. The number of urea groups is 1. The molecule has 3 aromatic rings. The summed E-state index contributed by atoms with van der Waals surface area (Å²) in [5.41, 5.74) is 0.402. The third kappa shape index (κ3) is 3.89. The number of nitrogens with one attached hydrogen (secondary N) is 1. The summed E-state index contributed by atoms with van der Waals surface area (Å²) in [5.74, 6) is -2.28. The third-order valence-electron chi connectivity index (χ3n) is 4.60. The van der Waals surface area contributed by atoms with Crippen LogP contribution >= 0.6 is 23.2 Å². The average Bonchev–Trinajstić information content (AvgIpc) is 3.23. The second-order valence-electron chi connectivity index (χ2n) is 6.62. The highest BCUT2D eigenvalue weighted by Crippen LogP contribution is 2.34. The molecule has 0 unspecified atom stereocenters. The lowest BCUT2D eigenvalue weighted by Gasteiger charge is -2.27. The van der Waals surface area contributed by atoms with Gasteiger partial charge in [0.2, 0.25) is 0 Å². The summed E-state index contributed by atoms with van der Waals surface area (Å²) in [6.45, 7) is 0. The molecule has 2 aromatic carbocycles. The Morgan fingerprint density at radius 3 is 2.41 bits per heavy atom. The number of hydrogen-bond donors (Lipinski definition) is 2. The molecule has 0 spiro atoms. The highest BCUT2D eigenvalue weighted by molar-refractivity contribution is 6.46. The second kappa shape index (κ2) is 8.33. The number of carbonyl (C=O) groups is 4. The molecule has 32 heavy (non-hydrogen) atoms. The molecule has 1 aliphatic rings. The number of imide groups is 2. The zero-order chi connectivity index (χ0) is 23.0. The van der Waals surface area contributed by atoms with Gasteiger partial charge in [-0.15, -0.1) is 0 Å². The fraction of sp³-hybridized carbons (Fsp3) is 0. The van der Waals surface area contributed by atoms with Gasteiger partial charge in [-0.3, -0.25) is 14.9 Å². The number of rotatable bonds is 4. The lowest BCUT2D eigenvalue weighted by Crippen LogP contribution is -2.54. The Hall–Kier alpha value is -3.88. The SMILES string of the molecule is O=C1NC(=O)N(c2cccc(Cl)c2Cl)C(=O)C1=Cc1ccc(-c2ccc(C(=O)O)cc2)o1. The average molecular weight is 471 g/mol. The fourth-order valence-corrected chi connectivity index (χ4v) is 3.43. The van der Waals surface area contributed by atoms with Crippen LogP contribution in [-0.4, -0.2) is 28.9 Å². The maximum atomic E-state index is 13.0. The summed E-state index contributed by atoms with van der Waals surface area (Å²) in [4.78, 5) is 49.3. The topological polar surface area (TPSA) is 117 Å². The highest BCUT2D eigenvalue weighted by Gasteiger charge is 2.38. The fourth-order valence-electron chi connectivity index (χ4n) is 3.05. The van der Waals surface area contributed by atoms with Gasteiger partial charge < -0.3 is 9.52 Å². The van der Waals surface area contributed by atoms with E-state index in [1.165, 1.54) is 42.5 Å². The molecule has 4 rings (SSSR count). The lowest BCUT2D eigenvalue weighted by molar-refractivity contribution is -0.122. The summed E-state index contributed by atoms with van der Waals surface area (Å²) in [7, 11) is 0. The predicted octanol–water partition coefficient (Wildman–Crippen LogP) is 4.62. The van der Waals surface area contributed by atoms with E-state index in [4.69, 9.17) is 32.7 Å². The minimum absolute atomic E-state index is 0.0172. The first kappa shape index (κ1) is 21.4. The molecule has 2 N–H and O–H groups in total. The molecule has 4 amide bonds. The molecule has 0 saturated carbocycles. The zero-order valence-electron chi connectivity index (χ0n) is 16.0. The Balaban J connectivity index is 1.67. The van der Waals surface area contributed by atoms with Gasteiger partial charge in [0, 0.05) is 5.56 Å². The van der Waals surface area contributed by atoms with Crippen LogP contribution in [-0.2, 0) is 9.59 Å². The van der Waals surface area contributed by atoms with Gasteiger partial charge in [-0.05, 0) is 42.5 Å². The van der Waals surface area contributed by atoms with Gasteiger partial charge in [-0.25, -0.2) is 14.5 Å². The van der Waals surface area contributed by atoms with E-state index in [-0.39, 0.29) is 32.6 Å². The van der Waals surface area contributed by atoms with Crippen molar-refractivity contribution >= 4 is 58.8 Å². The normalized spacial score (nSPS) is 15.2. The van der Waals surface area contributed by atoms with Crippen LogP contribution in [0.4, 0.5) is 10.5 Å². The van der Waals surface area contributed by atoms with Crippen LogP contribution in [0.2, 0.25) is 10.0 Å². The first-order valence-corrected chi connectivity index (χ1v) is 9.81. The molecule has 0 radical (unpaired) electrons. The number of aromatic carboxylic acids is 1.